The molecule has 0 aliphatic carbocycles. The first-order valence-electron chi connectivity index (χ1n) is 8.24. The van der Waals surface area contributed by atoms with E-state index < -0.39 is 24.5 Å². The molecule has 0 radical (unpaired) electrons. The maximum absolute atomic E-state index is 12.3. The average molecular weight is 374 g/mol. The number of rotatable bonds is 7. The van der Waals surface area contributed by atoms with Gasteiger partial charge in [-0.2, -0.15) is 0 Å². The molecule has 7 heteroatoms. The van der Waals surface area contributed by atoms with Crippen molar-refractivity contribution in [1.29, 1.82) is 0 Å². The highest BCUT2D eigenvalue weighted by atomic mass is 32.1. The van der Waals surface area contributed by atoms with Crippen molar-refractivity contribution in [2.24, 2.45) is 5.92 Å². The Morgan fingerprint density at radius 1 is 1.15 bits per heavy atom. The molecule has 1 aromatic carbocycles. The van der Waals surface area contributed by atoms with E-state index in [4.69, 9.17) is 4.74 Å². The summed E-state index contributed by atoms with van der Waals surface area (Å²) in [5.74, 6) is -1.58. The Hall–Kier alpha value is -2.67. The Morgan fingerprint density at radius 2 is 1.92 bits per heavy atom. The fourth-order valence-corrected chi connectivity index (χ4v) is 2.89. The number of nitrogens with one attached hydrogen (secondary N) is 2. The normalized spacial score (nSPS) is 11.7. The van der Waals surface area contributed by atoms with Gasteiger partial charge in [-0.15, -0.1) is 11.3 Å². The Labute approximate surface area is 156 Å². The molecule has 0 saturated carbocycles. The molecule has 0 aliphatic rings. The van der Waals surface area contributed by atoms with E-state index in [1.54, 1.807) is 37.4 Å². The SMILES string of the molecule is Cc1cccc(NC(=O)COC(=O)[C@@H](NC(=O)c2cccs2)C(C)C)c1. The van der Waals surface area contributed by atoms with Crippen LogP contribution in [0.5, 0.6) is 0 Å². The van der Waals surface area contributed by atoms with Crippen molar-refractivity contribution in [2.75, 3.05) is 11.9 Å². The average Bonchev–Trinajstić information content (AvgIpc) is 3.12. The summed E-state index contributed by atoms with van der Waals surface area (Å²) in [5.41, 5.74) is 1.65. The zero-order valence-corrected chi connectivity index (χ0v) is 15.8. The van der Waals surface area contributed by atoms with Gasteiger partial charge < -0.3 is 15.4 Å². The smallest absolute Gasteiger partial charge is 0.329 e. The van der Waals surface area contributed by atoms with Crippen LogP contribution >= 0.6 is 11.3 Å². The highest BCUT2D eigenvalue weighted by Gasteiger charge is 2.27. The summed E-state index contributed by atoms with van der Waals surface area (Å²) in [6, 6.07) is 9.93. The number of thiophene rings is 1. The lowest BCUT2D eigenvalue weighted by Crippen LogP contribution is -2.45. The van der Waals surface area contributed by atoms with E-state index in [1.807, 2.05) is 25.1 Å². The Morgan fingerprint density at radius 3 is 2.54 bits per heavy atom. The molecular weight excluding hydrogens is 352 g/mol. The summed E-state index contributed by atoms with van der Waals surface area (Å²) < 4.78 is 5.09. The zero-order valence-electron chi connectivity index (χ0n) is 14.9. The summed E-state index contributed by atoms with van der Waals surface area (Å²) in [6.07, 6.45) is 0. The molecule has 1 heterocycles. The molecule has 2 N–H and O–H groups in total. The minimum absolute atomic E-state index is 0.175. The summed E-state index contributed by atoms with van der Waals surface area (Å²) >= 11 is 1.29. The number of hydrogen-bond acceptors (Lipinski definition) is 5. The van der Waals surface area contributed by atoms with Gasteiger partial charge in [0.1, 0.15) is 6.04 Å². The predicted molar refractivity (Wildman–Crippen MR) is 101 cm³/mol. The van der Waals surface area contributed by atoms with Crippen molar-refractivity contribution < 1.29 is 19.1 Å². The van der Waals surface area contributed by atoms with Gasteiger partial charge in [-0.05, 0) is 42.0 Å². The first-order chi connectivity index (χ1) is 12.4. The fraction of sp³-hybridized carbons (Fsp3) is 0.316. The predicted octanol–water partition coefficient (Wildman–Crippen LogP) is 2.99. The fourth-order valence-electron chi connectivity index (χ4n) is 2.26. The minimum atomic E-state index is -0.823. The lowest BCUT2D eigenvalue weighted by molar-refractivity contribution is -0.150. The van der Waals surface area contributed by atoms with Gasteiger partial charge in [0.25, 0.3) is 11.8 Å². The lowest BCUT2D eigenvalue weighted by atomic mass is 10.0. The molecule has 2 aromatic rings. The molecule has 0 unspecified atom stereocenters. The van der Waals surface area contributed by atoms with E-state index in [-0.39, 0.29) is 11.8 Å². The Bertz CT molecular complexity index is 772. The molecule has 2 amide bonds. The van der Waals surface area contributed by atoms with Crippen molar-refractivity contribution >= 4 is 34.8 Å². The third-order valence-electron chi connectivity index (χ3n) is 3.60. The van der Waals surface area contributed by atoms with E-state index in [1.165, 1.54) is 11.3 Å². The largest absolute Gasteiger partial charge is 0.454 e. The van der Waals surface area contributed by atoms with Crippen molar-refractivity contribution in [2.45, 2.75) is 26.8 Å². The standard InChI is InChI=1S/C19H22N2O4S/c1-12(2)17(21-18(23)15-8-5-9-26-15)19(24)25-11-16(22)20-14-7-4-6-13(3)10-14/h4-10,12,17H,11H2,1-3H3,(H,20,22)(H,21,23)/t17-/m0/s1. The molecule has 0 bridgehead atoms. The number of anilines is 1. The molecule has 2 rings (SSSR count). The van der Waals surface area contributed by atoms with Crippen LogP contribution in [0.4, 0.5) is 5.69 Å². The van der Waals surface area contributed by atoms with Crippen LogP contribution in [-0.4, -0.2) is 30.4 Å². The third-order valence-corrected chi connectivity index (χ3v) is 4.47. The second-order valence-corrected chi connectivity index (χ2v) is 7.15. The lowest BCUT2D eigenvalue weighted by Gasteiger charge is -2.20. The summed E-state index contributed by atoms with van der Waals surface area (Å²) in [4.78, 5) is 36.9. The van der Waals surface area contributed by atoms with Gasteiger partial charge in [-0.1, -0.05) is 32.0 Å². The van der Waals surface area contributed by atoms with Gasteiger partial charge in [0, 0.05) is 5.69 Å². The van der Waals surface area contributed by atoms with E-state index in [0.29, 0.717) is 10.6 Å². The second-order valence-electron chi connectivity index (χ2n) is 6.20. The summed E-state index contributed by atoms with van der Waals surface area (Å²) in [7, 11) is 0. The van der Waals surface area contributed by atoms with Crippen LogP contribution in [0.25, 0.3) is 0 Å². The molecule has 0 spiro atoms. The van der Waals surface area contributed by atoms with Crippen LogP contribution in [0.1, 0.15) is 29.1 Å². The van der Waals surface area contributed by atoms with Crippen molar-refractivity contribution in [1.82, 2.24) is 5.32 Å². The Balaban J connectivity index is 1.88. The van der Waals surface area contributed by atoms with Crippen molar-refractivity contribution in [3.05, 3.63) is 52.2 Å². The maximum atomic E-state index is 12.3. The van der Waals surface area contributed by atoms with Crippen molar-refractivity contribution in [3.63, 3.8) is 0 Å². The van der Waals surface area contributed by atoms with Crippen LogP contribution in [0.2, 0.25) is 0 Å². The third kappa shape index (κ3) is 5.70. The zero-order chi connectivity index (χ0) is 19.1. The number of ether oxygens (including phenoxy) is 1. The van der Waals surface area contributed by atoms with E-state index in [0.717, 1.165) is 5.56 Å². The van der Waals surface area contributed by atoms with Crippen LogP contribution in [0, 0.1) is 12.8 Å². The molecular formula is C19H22N2O4S. The highest BCUT2D eigenvalue weighted by Crippen LogP contribution is 2.12. The number of benzene rings is 1. The number of carbonyl (C=O) groups excluding carboxylic acids is 3. The van der Waals surface area contributed by atoms with Crippen molar-refractivity contribution in [3.8, 4) is 0 Å². The first kappa shape index (κ1) is 19.7. The van der Waals surface area contributed by atoms with Gasteiger partial charge in [0.05, 0.1) is 4.88 Å². The number of carbonyl (C=O) groups is 3. The second kappa shape index (κ2) is 9.15. The number of esters is 1. The molecule has 1 aromatic heterocycles. The van der Waals surface area contributed by atoms with Crippen LogP contribution in [-0.2, 0) is 14.3 Å². The first-order valence-corrected chi connectivity index (χ1v) is 9.12. The van der Waals surface area contributed by atoms with Crippen LogP contribution in [0.15, 0.2) is 41.8 Å². The molecule has 0 fully saturated rings. The number of hydrogen-bond donors (Lipinski definition) is 2. The van der Waals surface area contributed by atoms with Crippen LogP contribution < -0.4 is 10.6 Å². The van der Waals surface area contributed by atoms with Crippen LogP contribution in [0.3, 0.4) is 0 Å². The molecule has 138 valence electrons. The van der Waals surface area contributed by atoms with Gasteiger partial charge >= 0.3 is 5.97 Å². The monoisotopic (exact) mass is 374 g/mol. The van der Waals surface area contributed by atoms with Gasteiger partial charge in [0.2, 0.25) is 0 Å². The molecule has 26 heavy (non-hydrogen) atoms. The molecule has 0 aliphatic heterocycles. The van der Waals surface area contributed by atoms with Gasteiger partial charge in [-0.25, -0.2) is 4.79 Å². The maximum Gasteiger partial charge on any atom is 0.329 e. The molecule has 6 nitrogen and oxygen atoms in total. The number of aryl methyl sites for hydroxylation is 1. The minimum Gasteiger partial charge on any atom is -0.454 e. The van der Waals surface area contributed by atoms with E-state index >= 15 is 0 Å². The summed E-state index contributed by atoms with van der Waals surface area (Å²) in [5, 5.41) is 7.12. The summed E-state index contributed by atoms with van der Waals surface area (Å²) in [6.45, 7) is 5.10. The topological polar surface area (TPSA) is 84.5 Å². The quantitative estimate of drug-likeness (QED) is 0.730. The Kier molecular flexibility index (Phi) is 6.91. The van der Waals surface area contributed by atoms with E-state index in [9.17, 15) is 14.4 Å². The van der Waals surface area contributed by atoms with Gasteiger partial charge in [-0.3, -0.25) is 9.59 Å². The van der Waals surface area contributed by atoms with E-state index in [2.05, 4.69) is 10.6 Å². The highest BCUT2D eigenvalue weighted by molar-refractivity contribution is 7.12. The molecule has 1 atom stereocenters. The van der Waals surface area contributed by atoms with Gasteiger partial charge in [0.15, 0.2) is 6.61 Å². The molecule has 0 saturated heterocycles. The number of amides is 2.